The van der Waals surface area contributed by atoms with Crippen molar-refractivity contribution in [3.63, 3.8) is 0 Å². The summed E-state index contributed by atoms with van der Waals surface area (Å²) < 4.78 is 14.6. The Bertz CT molecular complexity index is 2340. The van der Waals surface area contributed by atoms with E-state index in [1.165, 1.54) is 5.56 Å². The molecular weight excluding hydrogens is 765 g/mol. The molecule has 4 heterocycles. The van der Waals surface area contributed by atoms with E-state index in [2.05, 4.69) is 70.9 Å². The van der Waals surface area contributed by atoms with Gasteiger partial charge in [-0.3, -0.25) is 19.2 Å². The molecule has 2 fully saturated rings. The van der Waals surface area contributed by atoms with Gasteiger partial charge < -0.3 is 28.8 Å². The average molecular weight is 831 g/mol. The molecule has 1 N–H and O–H groups in total. The van der Waals surface area contributed by atoms with Crippen LogP contribution in [0.25, 0.3) is 21.8 Å². The third-order valence-electron chi connectivity index (χ3n) is 12.9. The van der Waals surface area contributed by atoms with Crippen molar-refractivity contribution in [1.82, 2.24) is 19.4 Å². The molecular formula is C51H66N4O6. The number of pyridine rings is 2. The number of aryl methyl sites for hydroxylation is 5. The Kier molecular flexibility index (Phi) is 16.1. The van der Waals surface area contributed by atoms with Gasteiger partial charge in [0, 0.05) is 25.2 Å². The summed E-state index contributed by atoms with van der Waals surface area (Å²) in [7, 11) is 0. The Balaban J connectivity index is 0.000000213. The molecule has 10 nitrogen and oxygen atoms in total. The number of nitrogens with one attached hydrogen (secondary N) is 1. The number of hydrogen-bond donors (Lipinski definition) is 1. The van der Waals surface area contributed by atoms with E-state index in [1.807, 2.05) is 55.0 Å². The predicted octanol–water partition coefficient (Wildman–Crippen LogP) is 8.39. The Morgan fingerprint density at radius 1 is 0.607 bits per heavy atom. The highest BCUT2D eigenvalue weighted by Crippen LogP contribution is 2.38. The number of rotatable bonds is 16. The molecule has 326 valence electrons. The molecule has 7 rings (SSSR count). The molecule has 0 radical (unpaired) electrons. The third kappa shape index (κ3) is 11.7. The number of aromatic nitrogens is 2. The number of ether oxygens (including phenoxy) is 2. The summed E-state index contributed by atoms with van der Waals surface area (Å²) in [5.41, 5.74) is 4.76. The highest BCUT2D eigenvalue weighted by molar-refractivity contribution is 5.81. The summed E-state index contributed by atoms with van der Waals surface area (Å²) in [5, 5.41) is 5.46. The van der Waals surface area contributed by atoms with Crippen molar-refractivity contribution in [3.8, 4) is 0 Å². The Hall–Kier alpha value is -5.06. The number of carbonyl (C=O) groups excluding carboxylic acids is 2. The second-order valence-electron chi connectivity index (χ2n) is 17.2. The van der Waals surface area contributed by atoms with Gasteiger partial charge in [-0.25, -0.2) is 0 Å². The van der Waals surface area contributed by atoms with Gasteiger partial charge in [0.2, 0.25) is 0 Å². The van der Waals surface area contributed by atoms with Gasteiger partial charge >= 0.3 is 11.9 Å². The normalized spacial score (nSPS) is 16.1. The van der Waals surface area contributed by atoms with Crippen LogP contribution in [0.15, 0.2) is 101 Å². The van der Waals surface area contributed by atoms with E-state index >= 15 is 0 Å². The summed E-state index contributed by atoms with van der Waals surface area (Å²) in [4.78, 5) is 53.2. The molecule has 2 aliphatic rings. The van der Waals surface area contributed by atoms with Gasteiger partial charge in [0.05, 0.1) is 35.1 Å². The number of carbonyl (C=O) groups is 2. The molecule has 0 amide bonds. The SMILES string of the molecule is CCOC(=O)C1(CCCn2c(=O)ccc3ccc(C)cc32)CCN(CCCc2ccccc2)CC1.CCOC(=O)C1(CCCn2c(=O)ccc3ccc(C)cc32)CCNCC1. The summed E-state index contributed by atoms with van der Waals surface area (Å²) in [5.74, 6) is -0.146. The summed E-state index contributed by atoms with van der Waals surface area (Å²) in [6.45, 7) is 14.4. The Morgan fingerprint density at radius 3 is 1.57 bits per heavy atom. The number of piperidine rings is 2. The van der Waals surface area contributed by atoms with Crippen LogP contribution < -0.4 is 16.4 Å². The number of benzene rings is 3. The molecule has 0 aliphatic carbocycles. The van der Waals surface area contributed by atoms with E-state index in [0.717, 1.165) is 130 Å². The second kappa shape index (κ2) is 21.6. The topological polar surface area (TPSA) is 112 Å². The first kappa shape index (κ1) is 45.5. The maximum atomic E-state index is 13.1. The number of esters is 2. The van der Waals surface area contributed by atoms with Crippen LogP contribution in [-0.4, -0.2) is 71.9 Å². The van der Waals surface area contributed by atoms with Crippen LogP contribution in [0.4, 0.5) is 0 Å². The fourth-order valence-electron chi connectivity index (χ4n) is 9.35. The molecule has 3 aromatic carbocycles. The first-order valence-electron chi connectivity index (χ1n) is 22.6. The number of hydrogen-bond acceptors (Lipinski definition) is 8. The van der Waals surface area contributed by atoms with E-state index in [9.17, 15) is 19.2 Å². The molecule has 0 atom stereocenters. The largest absolute Gasteiger partial charge is 0.466 e. The van der Waals surface area contributed by atoms with Crippen molar-refractivity contribution < 1.29 is 19.1 Å². The lowest BCUT2D eigenvalue weighted by Gasteiger charge is -2.40. The van der Waals surface area contributed by atoms with Crippen molar-refractivity contribution in [3.05, 3.63) is 128 Å². The first-order chi connectivity index (χ1) is 29.6. The van der Waals surface area contributed by atoms with Crippen LogP contribution in [0.1, 0.15) is 88.3 Å². The lowest BCUT2D eigenvalue weighted by atomic mass is 9.74. The molecule has 0 spiro atoms. The highest BCUT2D eigenvalue weighted by Gasteiger charge is 2.42. The third-order valence-corrected chi connectivity index (χ3v) is 12.9. The minimum Gasteiger partial charge on any atom is -0.466 e. The van der Waals surface area contributed by atoms with Crippen LogP contribution in [0.2, 0.25) is 0 Å². The van der Waals surface area contributed by atoms with Gasteiger partial charge in [-0.05, 0) is 176 Å². The zero-order valence-electron chi connectivity index (χ0n) is 36.9. The molecule has 10 heteroatoms. The smallest absolute Gasteiger partial charge is 0.312 e. The second-order valence-corrected chi connectivity index (χ2v) is 17.2. The zero-order valence-corrected chi connectivity index (χ0v) is 36.9. The molecule has 2 saturated heterocycles. The maximum Gasteiger partial charge on any atom is 0.312 e. The molecule has 2 aliphatic heterocycles. The van der Waals surface area contributed by atoms with E-state index in [0.29, 0.717) is 26.3 Å². The Morgan fingerprint density at radius 2 is 1.08 bits per heavy atom. The number of fused-ring (bicyclic) bond motifs is 2. The van der Waals surface area contributed by atoms with Crippen molar-refractivity contribution in [1.29, 1.82) is 0 Å². The van der Waals surface area contributed by atoms with Crippen molar-refractivity contribution >= 4 is 33.7 Å². The van der Waals surface area contributed by atoms with Gasteiger partial charge in [-0.15, -0.1) is 0 Å². The van der Waals surface area contributed by atoms with Gasteiger partial charge in [0.15, 0.2) is 0 Å². The van der Waals surface area contributed by atoms with Crippen LogP contribution in [-0.2, 0) is 38.6 Å². The monoisotopic (exact) mass is 830 g/mol. The number of likely N-dealkylation sites (tertiary alicyclic amines) is 1. The van der Waals surface area contributed by atoms with Crippen molar-refractivity contribution in [2.45, 2.75) is 105 Å². The quantitative estimate of drug-likeness (QED) is 0.0988. The van der Waals surface area contributed by atoms with Crippen LogP contribution in [0.3, 0.4) is 0 Å². The maximum absolute atomic E-state index is 13.1. The Labute approximate surface area is 361 Å². The van der Waals surface area contributed by atoms with E-state index in [4.69, 9.17) is 9.47 Å². The number of nitrogens with zero attached hydrogens (tertiary/aromatic N) is 3. The summed E-state index contributed by atoms with van der Waals surface area (Å²) in [6.07, 6.45) is 8.51. The molecule has 61 heavy (non-hydrogen) atoms. The molecule has 2 aromatic heterocycles. The summed E-state index contributed by atoms with van der Waals surface area (Å²) in [6, 6.07) is 30.0. The standard InChI is InChI=1S/C30H38N2O3.C21H28N2O3/c1-3-35-29(34)30(17-21-31(22-18-30)19-7-11-25-9-5-4-6-10-25)16-8-20-32-27-23-24(2)12-13-26(27)14-15-28(32)33;1-3-26-20(25)21(10-12-22-13-11-21)9-4-14-23-18-15-16(2)5-6-17(18)7-8-19(23)24/h4-6,9-10,12-15,23H,3,7-8,11,16-22H2,1-2H3;5-8,15,22H,3-4,9-14H2,1-2H3. The highest BCUT2D eigenvalue weighted by atomic mass is 16.5. The van der Waals surface area contributed by atoms with Gasteiger partial charge in [-0.1, -0.05) is 54.6 Å². The average Bonchev–Trinajstić information content (AvgIpc) is 3.27. The van der Waals surface area contributed by atoms with Crippen molar-refractivity contribution in [2.24, 2.45) is 10.8 Å². The minimum atomic E-state index is -0.448. The van der Waals surface area contributed by atoms with E-state index in [1.54, 1.807) is 12.1 Å². The van der Waals surface area contributed by atoms with E-state index < -0.39 is 10.8 Å². The molecule has 0 saturated carbocycles. The molecule has 0 bridgehead atoms. The lowest BCUT2D eigenvalue weighted by molar-refractivity contribution is -0.159. The van der Waals surface area contributed by atoms with Gasteiger partial charge in [-0.2, -0.15) is 0 Å². The lowest BCUT2D eigenvalue weighted by Crippen LogP contribution is -2.45. The summed E-state index contributed by atoms with van der Waals surface area (Å²) >= 11 is 0. The van der Waals surface area contributed by atoms with Gasteiger partial charge in [0.1, 0.15) is 0 Å². The minimum absolute atomic E-state index is 0.0126. The van der Waals surface area contributed by atoms with Crippen LogP contribution in [0, 0.1) is 24.7 Å². The predicted molar refractivity (Wildman–Crippen MR) is 245 cm³/mol. The van der Waals surface area contributed by atoms with Crippen molar-refractivity contribution in [2.75, 3.05) is 45.9 Å². The molecule has 5 aromatic rings. The fraction of sp³-hybridized carbons (Fsp3) is 0.490. The van der Waals surface area contributed by atoms with Crippen LogP contribution in [0.5, 0.6) is 0 Å². The van der Waals surface area contributed by atoms with Gasteiger partial charge in [0.25, 0.3) is 11.1 Å². The fourth-order valence-corrected chi connectivity index (χ4v) is 9.35. The zero-order chi connectivity index (χ0) is 43.2. The van der Waals surface area contributed by atoms with E-state index in [-0.39, 0.29) is 23.1 Å². The first-order valence-corrected chi connectivity index (χ1v) is 22.6. The molecule has 0 unspecified atom stereocenters. The van der Waals surface area contributed by atoms with Crippen LogP contribution >= 0.6 is 0 Å².